The maximum absolute atomic E-state index is 11.6. The molecule has 15 heavy (non-hydrogen) atoms. The maximum Gasteiger partial charge on any atom is 0.344 e. The number of nitrogen functional groups attached to an aromatic ring is 1. The zero-order valence-electron chi connectivity index (χ0n) is 8.32. The van der Waals surface area contributed by atoms with E-state index in [1.54, 1.807) is 25.1 Å². The molecule has 0 aliphatic carbocycles. The van der Waals surface area contributed by atoms with Crippen molar-refractivity contribution in [1.29, 1.82) is 0 Å². The fourth-order valence-electron chi connectivity index (χ4n) is 1.46. The van der Waals surface area contributed by atoms with Gasteiger partial charge in [-0.25, -0.2) is 4.79 Å². The van der Waals surface area contributed by atoms with Gasteiger partial charge in [-0.05, 0) is 25.1 Å². The van der Waals surface area contributed by atoms with Gasteiger partial charge in [0.05, 0.1) is 12.9 Å². The summed E-state index contributed by atoms with van der Waals surface area (Å²) in [6.45, 7) is 2.06. The third-order valence-electron chi connectivity index (χ3n) is 2.13. The SMILES string of the molecule is CCOC(=O)c1c(N)ccc2ccoc12. The molecular formula is C11H11NO3. The van der Waals surface area contributed by atoms with Crippen LogP contribution >= 0.6 is 0 Å². The molecule has 0 amide bonds. The van der Waals surface area contributed by atoms with Gasteiger partial charge < -0.3 is 14.9 Å². The minimum atomic E-state index is -0.449. The summed E-state index contributed by atoms with van der Waals surface area (Å²) < 4.78 is 10.1. The smallest absolute Gasteiger partial charge is 0.344 e. The lowest BCUT2D eigenvalue weighted by Crippen LogP contribution is -2.08. The maximum atomic E-state index is 11.6. The van der Waals surface area contributed by atoms with Crippen LogP contribution in [0.25, 0.3) is 11.0 Å². The Morgan fingerprint density at radius 2 is 2.27 bits per heavy atom. The molecule has 0 aliphatic heterocycles. The van der Waals surface area contributed by atoms with Gasteiger partial charge in [0.25, 0.3) is 0 Å². The molecule has 0 spiro atoms. The van der Waals surface area contributed by atoms with E-state index in [0.717, 1.165) is 5.39 Å². The third kappa shape index (κ3) is 1.54. The molecular weight excluding hydrogens is 194 g/mol. The highest BCUT2D eigenvalue weighted by atomic mass is 16.5. The number of hydrogen-bond acceptors (Lipinski definition) is 4. The number of fused-ring (bicyclic) bond motifs is 1. The predicted molar refractivity (Wildman–Crippen MR) is 56.6 cm³/mol. The Balaban J connectivity index is 2.61. The van der Waals surface area contributed by atoms with Crippen molar-refractivity contribution in [3.63, 3.8) is 0 Å². The van der Waals surface area contributed by atoms with E-state index in [-0.39, 0.29) is 0 Å². The van der Waals surface area contributed by atoms with Crippen LogP contribution in [0.5, 0.6) is 0 Å². The van der Waals surface area contributed by atoms with E-state index >= 15 is 0 Å². The summed E-state index contributed by atoms with van der Waals surface area (Å²) in [7, 11) is 0. The minimum Gasteiger partial charge on any atom is -0.463 e. The molecule has 0 bridgehead atoms. The predicted octanol–water partition coefficient (Wildman–Crippen LogP) is 2.19. The standard InChI is InChI=1S/C11H11NO3/c1-2-14-11(13)9-8(12)4-3-7-5-6-15-10(7)9/h3-6H,2,12H2,1H3. The summed E-state index contributed by atoms with van der Waals surface area (Å²) in [5.41, 5.74) is 6.87. The van der Waals surface area contributed by atoms with E-state index in [9.17, 15) is 4.79 Å². The van der Waals surface area contributed by atoms with Crippen molar-refractivity contribution < 1.29 is 13.9 Å². The van der Waals surface area contributed by atoms with E-state index < -0.39 is 5.97 Å². The van der Waals surface area contributed by atoms with Gasteiger partial charge in [-0.15, -0.1) is 0 Å². The van der Waals surface area contributed by atoms with Gasteiger partial charge in [0.2, 0.25) is 0 Å². The van der Waals surface area contributed by atoms with Crippen LogP contribution < -0.4 is 5.73 Å². The summed E-state index contributed by atoms with van der Waals surface area (Å²) in [6.07, 6.45) is 1.52. The second kappa shape index (κ2) is 3.65. The molecule has 78 valence electrons. The first-order valence-corrected chi connectivity index (χ1v) is 4.67. The van der Waals surface area contributed by atoms with Gasteiger partial charge in [0.15, 0.2) is 0 Å². The molecule has 2 rings (SSSR count). The first-order valence-electron chi connectivity index (χ1n) is 4.67. The van der Waals surface area contributed by atoms with Gasteiger partial charge in [0, 0.05) is 11.1 Å². The van der Waals surface area contributed by atoms with Gasteiger partial charge in [0.1, 0.15) is 11.1 Å². The molecule has 1 heterocycles. The molecule has 2 N–H and O–H groups in total. The van der Waals surface area contributed by atoms with Crippen LogP contribution in [0.4, 0.5) is 5.69 Å². The van der Waals surface area contributed by atoms with E-state index in [0.29, 0.717) is 23.4 Å². The Kier molecular flexibility index (Phi) is 2.33. The molecule has 0 radical (unpaired) electrons. The lowest BCUT2D eigenvalue weighted by molar-refractivity contribution is 0.0528. The number of rotatable bonds is 2. The Morgan fingerprint density at radius 1 is 1.47 bits per heavy atom. The topological polar surface area (TPSA) is 65.5 Å². The number of carbonyl (C=O) groups excluding carboxylic acids is 1. The van der Waals surface area contributed by atoms with Crippen molar-refractivity contribution in [2.24, 2.45) is 0 Å². The van der Waals surface area contributed by atoms with Crippen molar-refractivity contribution in [3.8, 4) is 0 Å². The van der Waals surface area contributed by atoms with E-state index in [1.165, 1.54) is 6.26 Å². The first kappa shape index (κ1) is 9.58. The van der Waals surface area contributed by atoms with Crippen molar-refractivity contribution in [2.45, 2.75) is 6.92 Å². The third-order valence-corrected chi connectivity index (χ3v) is 2.13. The normalized spacial score (nSPS) is 10.5. The number of ether oxygens (including phenoxy) is 1. The average molecular weight is 205 g/mol. The highest BCUT2D eigenvalue weighted by Gasteiger charge is 2.17. The summed E-state index contributed by atoms with van der Waals surface area (Å²) in [5.74, 6) is -0.449. The molecule has 4 heteroatoms. The van der Waals surface area contributed by atoms with Gasteiger partial charge in [-0.1, -0.05) is 0 Å². The molecule has 1 aromatic carbocycles. The molecule has 0 saturated heterocycles. The molecule has 0 fully saturated rings. The molecule has 0 saturated carbocycles. The van der Waals surface area contributed by atoms with E-state index in [1.807, 2.05) is 0 Å². The summed E-state index contributed by atoms with van der Waals surface area (Å²) in [6, 6.07) is 5.25. The Morgan fingerprint density at radius 3 is 3.00 bits per heavy atom. The van der Waals surface area contributed by atoms with Crippen LogP contribution in [0.3, 0.4) is 0 Å². The minimum absolute atomic E-state index is 0.305. The zero-order chi connectivity index (χ0) is 10.8. The van der Waals surface area contributed by atoms with E-state index in [2.05, 4.69) is 0 Å². The van der Waals surface area contributed by atoms with Crippen LogP contribution in [-0.2, 0) is 4.74 Å². The monoisotopic (exact) mass is 205 g/mol. The quantitative estimate of drug-likeness (QED) is 0.602. The first-order chi connectivity index (χ1) is 7.24. The molecule has 2 aromatic rings. The highest BCUT2D eigenvalue weighted by Crippen LogP contribution is 2.25. The molecule has 4 nitrogen and oxygen atoms in total. The van der Waals surface area contributed by atoms with Gasteiger partial charge in [-0.2, -0.15) is 0 Å². The fourth-order valence-corrected chi connectivity index (χ4v) is 1.46. The van der Waals surface area contributed by atoms with Crippen LogP contribution in [-0.4, -0.2) is 12.6 Å². The van der Waals surface area contributed by atoms with Crippen molar-refractivity contribution in [1.82, 2.24) is 0 Å². The summed E-state index contributed by atoms with van der Waals surface area (Å²) in [4.78, 5) is 11.6. The largest absolute Gasteiger partial charge is 0.463 e. The number of anilines is 1. The molecule has 0 unspecified atom stereocenters. The van der Waals surface area contributed by atoms with Crippen LogP contribution in [0.15, 0.2) is 28.9 Å². The number of esters is 1. The molecule has 1 aromatic heterocycles. The zero-order valence-corrected chi connectivity index (χ0v) is 8.32. The lowest BCUT2D eigenvalue weighted by Gasteiger charge is -2.05. The number of nitrogens with two attached hydrogens (primary N) is 1. The Labute approximate surface area is 86.6 Å². The van der Waals surface area contributed by atoms with Crippen LogP contribution in [0.2, 0.25) is 0 Å². The highest BCUT2D eigenvalue weighted by molar-refractivity contribution is 6.06. The number of furan rings is 1. The summed E-state index contributed by atoms with van der Waals surface area (Å²) in [5, 5.41) is 0.840. The Bertz CT molecular complexity index is 502. The second-order valence-electron chi connectivity index (χ2n) is 3.09. The molecule has 0 aliphatic rings. The van der Waals surface area contributed by atoms with E-state index in [4.69, 9.17) is 14.9 Å². The molecule has 0 atom stereocenters. The number of hydrogen-bond donors (Lipinski definition) is 1. The second-order valence-corrected chi connectivity index (χ2v) is 3.09. The van der Waals surface area contributed by atoms with Gasteiger partial charge >= 0.3 is 5.97 Å². The van der Waals surface area contributed by atoms with Crippen LogP contribution in [0.1, 0.15) is 17.3 Å². The average Bonchev–Trinajstić information content (AvgIpc) is 2.65. The summed E-state index contributed by atoms with van der Waals surface area (Å²) >= 11 is 0. The van der Waals surface area contributed by atoms with Crippen molar-refractivity contribution in [2.75, 3.05) is 12.3 Å². The Hall–Kier alpha value is -1.97. The van der Waals surface area contributed by atoms with Gasteiger partial charge in [-0.3, -0.25) is 0 Å². The fraction of sp³-hybridized carbons (Fsp3) is 0.182. The number of carbonyl (C=O) groups is 1. The lowest BCUT2D eigenvalue weighted by atomic mass is 10.1. The van der Waals surface area contributed by atoms with Crippen molar-refractivity contribution in [3.05, 3.63) is 30.0 Å². The van der Waals surface area contributed by atoms with Crippen molar-refractivity contribution >= 4 is 22.6 Å². The number of benzene rings is 1. The van der Waals surface area contributed by atoms with Crippen LogP contribution in [0, 0.1) is 0 Å².